The molecule has 0 spiro atoms. The maximum Gasteiger partial charge on any atom is 0.345 e. The third-order valence-corrected chi connectivity index (χ3v) is 4.56. The number of carboxylic acids is 1. The predicted molar refractivity (Wildman–Crippen MR) is 64.2 cm³/mol. The second-order valence-electron chi connectivity index (χ2n) is 2.69. The number of hydrogen-bond acceptors (Lipinski definition) is 2. The van der Waals surface area contributed by atoms with Crippen LogP contribution in [0.2, 0.25) is 0 Å². The molecule has 0 aliphatic rings. The molecule has 0 aliphatic heterocycles. The Bertz CT molecular complexity index is 480. The van der Waals surface area contributed by atoms with Gasteiger partial charge in [0, 0.05) is 14.3 Å². The molecule has 1 N–H and O–H groups in total. The highest BCUT2D eigenvalue weighted by Crippen LogP contribution is 2.36. The molecule has 0 aliphatic carbocycles. The van der Waals surface area contributed by atoms with Crippen LogP contribution in [0.4, 0.5) is 0 Å². The first-order chi connectivity index (χ1) is 6.59. The summed E-state index contributed by atoms with van der Waals surface area (Å²) < 4.78 is 2.80. The third kappa shape index (κ3) is 1.60. The number of rotatable bonds is 1. The highest BCUT2D eigenvalue weighted by atomic mass is 79.9. The van der Waals surface area contributed by atoms with Crippen LogP contribution in [0.1, 0.15) is 9.67 Å². The molecule has 0 radical (unpaired) electrons. The molecule has 1 heterocycles. The first-order valence-electron chi connectivity index (χ1n) is 3.70. The lowest BCUT2D eigenvalue weighted by Crippen LogP contribution is -1.89. The molecule has 1 aromatic carbocycles. The molecule has 0 atom stereocenters. The molecule has 1 aromatic heterocycles. The van der Waals surface area contributed by atoms with Crippen molar-refractivity contribution < 1.29 is 9.90 Å². The van der Waals surface area contributed by atoms with E-state index in [1.807, 2.05) is 12.1 Å². The average molecular weight is 336 g/mol. The highest BCUT2D eigenvalue weighted by molar-refractivity contribution is 9.11. The normalized spacial score (nSPS) is 10.7. The summed E-state index contributed by atoms with van der Waals surface area (Å²) in [6.45, 7) is 0. The van der Waals surface area contributed by atoms with E-state index in [9.17, 15) is 4.79 Å². The number of hydrogen-bond donors (Lipinski definition) is 1. The highest BCUT2D eigenvalue weighted by Gasteiger charge is 2.12. The van der Waals surface area contributed by atoms with Crippen LogP contribution in [0.15, 0.2) is 27.1 Å². The van der Waals surface area contributed by atoms with Gasteiger partial charge in [-0.1, -0.05) is 15.9 Å². The minimum absolute atomic E-state index is 0.354. The molecule has 0 fully saturated rings. The van der Waals surface area contributed by atoms with Crippen LogP contribution in [0.25, 0.3) is 10.1 Å². The second-order valence-corrected chi connectivity index (χ2v) is 5.45. The van der Waals surface area contributed by atoms with Gasteiger partial charge in [-0.2, -0.15) is 0 Å². The molecule has 0 saturated carbocycles. The molecule has 14 heavy (non-hydrogen) atoms. The zero-order valence-corrected chi connectivity index (χ0v) is 10.7. The van der Waals surface area contributed by atoms with Gasteiger partial charge in [0.25, 0.3) is 0 Å². The van der Waals surface area contributed by atoms with E-state index in [0.29, 0.717) is 4.88 Å². The Labute approximate surface area is 101 Å². The Kier molecular flexibility index (Phi) is 2.64. The van der Waals surface area contributed by atoms with Crippen LogP contribution in [0, 0.1) is 0 Å². The van der Waals surface area contributed by atoms with Crippen molar-refractivity contribution in [3.8, 4) is 0 Å². The lowest BCUT2D eigenvalue weighted by atomic mass is 10.2. The van der Waals surface area contributed by atoms with E-state index in [0.717, 1.165) is 19.0 Å². The molecule has 0 unspecified atom stereocenters. The van der Waals surface area contributed by atoms with Crippen LogP contribution in [-0.2, 0) is 0 Å². The SMILES string of the molecule is O=C(O)c1cc2c(Br)ccc(Br)c2s1. The van der Waals surface area contributed by atoms with E-state index in [1.165, 1.54) is 11.3 Å². The van der Waals surface area contributed by atoms with Crippen molar-refractivity contribution in [2.75, 3.05) is 0 Å². The quantitative estimate of drug-likeness (QED) is 0.851. The maximum absolute atomic E-state index is 10.8. The lowest BCUT2D eigenvalue weighted by Gasteiger charge is -1.94. The Hall–Kier alpha value is -0.390. The monoisotopic (exact) mass is 334 g/mol. The van der Waals surface area contributed by atoms with E-state index in [1.54, 1.807) is 6.07 Å². The van der Waals surface area contributed by atoms with Crippen molar-refractivity contribution in [2.45, 2.75) is 0 Å². The van der Waals surface area contributed by atoms with Gasteiger partial charge in [-0.25, -0.2) is 4.79 Å². The van der Waals surface area contributed by atoms with Crippen molar-refractivity contribution in [3.05, 3.63) is 32.0 Å². The molecular weight excluding hydrogens is 332 g/mol. The number of benzene rings is 1. The summed E-state index contributed by atoms with van der Waals surface area (Å²) in [5, 5.41) is 9.78. The van der Waals surface area contributed by atoms with E-state index < -0.39 is 5.97 Å². The fraction of sp³-hybridized carbons (Fsp3) is 0. The van der Waals surface area contributed by atoms with Gasteiger partial charge in [0.15, 0.2) is 0 Å². The fourth-order valence-electron chi connectivity index (χ4n) is 1.16. The summed E-state index contributed by atoms with van der Waals surface area (Å²) >= 11 is 8.05. The van der Waals surface area contributed by atoms with E-state index >= 15 is 0 Å². The first-order valence-corrected chi connectivity index (χ1v) is 6.10. The molecule has 2 rings (SSSR count). The van der Waals surface area contributed by atoms with Gasteiger partial charge >= 0.3 is 5.97 Å². The second kappa shape index (κ2) is 3.64. The largest absolute Gasteiger partial charge is 0.477 e. The van der Waals surface area contributed by atoms with Crippen LogP contribution < -0.4 is 0 Å². The minimum atomic E-state index is -0.884. The Balaban J connectivity index is 2.82. The fourth-order valence-corrected chi connectivity index (χ4v) is 3.26. The van der Waals surface area contributed by atoms with Gasteiger partial charge in [-0.3, -0.25) is 0 Å². The van der Waals surface area contributed by atoms with Crippen LogP contribution >= 0.6 is 43.2 Å². The van der Waals surface area contributed by atoms with Crippen LogP contribution in [0.3, 0.4) is 0 Å². The summed E-state index contributed by atoms with van der Waals surface area (Å²) in [5.41, 5.74) is 0. The number of carboxylic acid groups (broad SMARTS) is 1. The lowest BCUT2D eigenvalue weighted by molar-refractivity contribution is 0.0702. The van der Waals surface area contributed by atoms with Gasteiger partial charge in [0.05, 0.1) is 4.70 Å². The summed E-state index contributed by atoms with van der Waals surface area (Å²) in [6.07, 6.45) is 0. The van der Waals surface area contributed by atoms with Gasteiger partial charge in [0.2, 0.25) is 0 Å². The number of carbonyl (C=O) groups is 1. The smallest absolute Gasteiger partial charge is 0.345 e. The average Bonchev–Trinajstić information content (AvgIpc) is 2.57. The van der Waals surface area contributed by atoms with E-state index in [-0.39, 0.29) is 0 Å². The molecule has 0 amide bonds. The molecular formula is C9H4Br2O2S. The van der Waals surface area contributed by atoms with Crippen LogP contribution in [-0.4, -0.2) is 11.1 Å². The molecule has 2 aromatic rings. The number of aromatic carboxylic acids is 1. The minimum Gasteiger partial charge on any atom is -0.477 e. The van der Waals surface area contributed by atoms with Crippen molar-refractivity contribution in [1.82, 2.24) is 0 Å². The Morgan fingerprint density at radius 3 is 2.50 bits per heavy atom. The van der Waals surface area contributed by atoms with Crippen molar-refractivity contribution in [2.24, 2.45) is 0 Å². The van der Waals surface area contributed by atoms with E-state index in [4.69, 9.17) is 5.11 Å². The van der Waals surface area contributed by atoms with Crippen molar-refractivity contribution in [1.29, 1.82) is 0 Å². The zero-order chi connectivity index (χ0) is 10.3. The van der Waals surface area contributed by atoms with Crippen molar-refractivity contribution in [3.63, 3.8) is 0 Å². The summed E-state index contributed by atoms with van der Waals surface area (Å²) in [5.74, 6) is -0.884. The predicted octanol–water partition coefficient (Wildman–Crippen LogP) is 4.12. The summed E-state index contributed by atoms with van der Waals surface area (Å²) in [7, 11) is 0. The molecule has 5 heteroatoms. The van der Waals surface area contributed by atoms with E-state index in [2.05, 4.69) is 31.9 Å². The maximum atomic E-state index is 10.8. The van der Waals surface area contributed by atoms with Crippen molar-refractivity contribution >= 4 is 59.3 Å². The summed E-state index contributed by atoms with van der Waals surface area (Å²) in [6, 6.07) is 5.47. The zero-order valence-electron chi connectivity index (χ0n) is 6.75. The first kappa shape index (κ1) is 10.1. The molecule has 0 saturated heterocycles. The number of fused-ring (bicyclic) bond motifs is 1. The van der Waals surface area contributed by atoms with Crippen LogP contribution in [0.5, 0.6) is 0 Å². The van der Waals surface area contributed by atoms with Gasteiger partial charge in [-0.05, 0) is 34.1 Å². The summed E-state index contributed by atoms with van der Waals surface area (Å²) in [4.78, 5) is 11.1. The third-order valence-electron chi connectivity index (χ3n) is 1.79. The standard InChI is InChI=1S/C9H4Br2O2S/c10-5-1-2-6(11)8-4(5)3-7(14-8)9(12)13/h1-3H,(H,12,13). The Morgan fingerprint density at radius 2 is 1.93 bits per heavy atom. The molecule has 2 nitrogen and oxygen atoms in total. The van der Waals surface area contributed by atoms with Gasteiger partial charge < -0.3 is 5.11 Å². The van der Waals surface area contributed by atoms with Gasteiger partial charge in [-0.15, -0.1) is 11.3 Å². The van der Waals surface area contributed by atoms with Gasteiger partial charge in [0.1, 0.15) is 4.88 Å². The number of thiophene rings is 1. The molecule has 0 bridgehead atoms. The number of halogens is 2. The Morgan fingerprint density at radius 1 is 1.29 bits per heavy atom. The molecule has 72 valence electrons. The topological polar surface area (TPSA) is 37.3 Å².